The lowest BCUT2D eigenvalue weighted by molar-refractivity contribution is -0.122. The molecule has 0 bridgehead atoms. The molecule has 0 aliphatic rings. The van der Waals surface area contributed by atoms with E-state index >= 15 is 0 Å². The van der Waals surface area contributed by atoms with Gasteiger partial charge in [-0.25, -0.2) is 4.79 Å². The lowest BCUT2D eigenvalue weighted by atomic mass is 10.2. The summed E-state index contributed by atoms with van der Waals surface area (Å²) < 4.78 is 5.98. The molecule has 7 heteroatoms. The fourth-order valence-electron chi connectivity index (χ4n) is 1.75. The van der Waals surface area contributed by atoms with E-state index in [-0.39, 0.29) is 11.3 Å². The summed E-state index contributed by atoms with van der Waals surface area (Å²) in [5.74, 6) is -2.33. The summed E-state index contributed by atoms with van der Waals surface area (Å²) in [6.07, 6.45) is 0. The van der Waals surface area contributed by atoms with Crippen LogP contribution < -0.4 is 10.1 Å². The summed E-state index contributed by atoms with van der Waals surface area (Å²) >= 11 is 3.25. The van der Waals surface area contributed by atoms with Crippen molar-refractivity contribution in [3.05, 3.63) is 64.1 Å². The first-order valence-corrected chi connectivity index (χ1v) is 7.31. The summed E-state index contributed by atoms with van der Waals surface area (Å²) in [4.78, 5) is 34.6. The second-order valence-electron chi connectivity index (χ2n) is 4.47. The molecule has 23 heavy (non-hydrogen) atoms. The molecule has 0 aliphatic carbocycles. The highest BCUT2D eigenvalue weighted by Crippen LogP contribution is 2.17. The molecule has 0 fully saturated rings. The van der Waals surface area contributed by atoms with Crippen LogP contribution in [0.5, 0.6) is 5.75 Å². The van der Waals surface area contributed by atoms with Crippen LogP contribution in [0.25, 0.3) is 0 Å². The van der Waals surface area contributed by atoms with E-state index in [1.54, 1.807) is 36.4 Å². The summed E-state index contributed by atoms with van der Waals surface area (Å²) in [5, 5.41) is 11.2. The molecule has 118 valence electrons. The second-order valence-corrected chi connectivity index (χ2v) is 5.39. The number of para-hydroxylation sites is 1. The summed E-state index contributed by atoms with van der Waals surface area (Å²) in [6.45, 7) is -0.466. The number of carboxylic acid groups (broad SMARTS) is 1. The summed E-state index contributed by atoms with van der Waals surface area (Å²) in [5.41, 5.74) is 0.270. The second kappa shape index (κ2) is 7.55. The van der Waals surface area contributed by atoms with Crippen molar-refractivity contribution in [1.29, 1.82) is 0 Å². The first-order chi connectivity index (χ1) is 11.0. The third-order valence-corrected chi connectivity index (χ3v) is 3.36. The first kappa shape index (κ1) is 16.7. The van der Waals surface area contributed by atoms with Gasteiger partial charge in [0.05, 0.1) is 0 Å². The Labute approximate surface area is 140 Å². The average Bonchev–Trinajstić information content (AvgIpc) is 2.53. The number of rotatable bonds is 5. The summed E-state index contributed by atoms with van der Waals surface area (Å²) in [6, 6.07) is 12.4. The fraction of sp³-hybridized carbons (Fsp3) is 0.0625. The van der Waals surface area contributed by atoms with E-state index in [0.717, 1.165) is 4.47 Å². The average molecular weight is 378 g/mol. The van der Waals surface area contributed by atoms with Crippen LogP contribution in [0.3, 0.4) is 0 Å². The Hall–Kier alpha value is -2.67. The van der Waals surface area contributed by atoms with Gasteiger partial charge in [0.15, 0.2) is 6.61 Å². The molecule has 0 unspecified atom stereocenters. The molecule has 2 N–H and O–H groups in total. The van der Waals surface area contributed by atoms with E-state index in [1.165, 1.54) is 12.1 Å². The zero-order chi connectivity index (χ0) is 16.8. The maximum atomic E-state index is 11.9. The number of benzene rings is 2. The predicted molar refractivity (Wildman–Crippen MR) is 85.5 cm³/mol. The zero-order valence-electron chi connectivity index (χ0n) is 11.8. The minimum absolute atomic E-state index is 0.0560. The van der Waals surface area contributed by atoms with Crippen molar-refractivity contribution in [2.24, 2.45) is 0 Å². The van der Waals surface area contributed by atoms with Crippen molar-refractivity contribution in [3.8, 4) is 5.75 Å². The summed E-state index contributed by atoms with van der Waals surface area (Å²) in [7, 11) is 0. The Morgan fingerprint density at radius 3 is 2.35 bits per heavy atom. The molecule has 0 spiro atoms. The molecule has 6 nitrogen and oxygen atoms in total. The van der Waals surface area contributed by atoms with Crippen LogP contribution in [0, 0.1) is 0 Å². The topological polar surface area (TPSA) is 92.7 Å². The van der Waals surface area contributed by atoms with Gasteiger partial charge in [0.25, 0.3) is 11.8 Å². The number of carbonyl (C=O) groups excluding carboxylic acids is 2. The van der Waals surface area contributed by atoms with E-state index in [9.17, 15) is 14.4 Å². The number of carbonyl (C=O) groups is 3. The van der Waals surface area contributed by atoms with E-state index in [0.29, 0.717) is 5.56 Å². The number of hydrogen-bond acceptors (Lipinski definition) is 4. The van der Waals surface area contributed by atoms with Gasteiger partial charge in [-0.2, -0.15) is 0 Å². The lowest BCUT2D eigenvalue weighted by Gasteiger charge is -2.09. The highest BCUT2D eigenvalue weighted by molar-refractivity contribution is 9.10. The smallest absolute Gasteiger partial charge is 0.339 e. The van der Waals surface area contributed by atoms with Crippen LogP contribution in [-0.2, 0) is 4.79 Å². The van der Waals surface area contributed by atoms with E-state index in [1.807, 2.05) is 0 Å². The minimum Gasteiger partial charge on any atom is -0.483 e. The molecule has 2 amide bonds. The zero-order valence-corrected chi connectivity index (χ0v) is 13.4. The van der Waals surface area contributed by atoms with Crippen molar-refractivity contribution in [2.75, 3.05) is 6.61 Å². The van der Waals surface area contributed by atoms with Crippen molar-refractivity contribution in [3.63, 3.8) is 0 Å². The molecule has 0 saturated heterocycles. The van der Waals surface area contributed by atoms with Crippen LogP contribution in [-0.4, -0.2) is 29.5 Å². The quantitative estimate of drug-likeness (QED) is 0.834. The Bertz CT molecular complexity index is 742. The molecule has 0 radical (unpaired) electrons. The number of hydrogen-bond donors (Lipinski definition) is 2. The molecule has 0 aromatic heterocycles. The molecular weight excluding hydrogens is 366 g/mol. The highest BCUT2D eigenvalue weighted by Gasteiger charge is 2.14. The van der Waals surface area contributed by atoms with Gasteiger partial charge in [0, 0.05) is 10.0 Å². The van der Waals surface area contributed by atoms with Gasteiger partial charge in [0.2, 0.25) is 0 Å². The van der Waals surface area contributed by atoms with Crippen LogP contribution >= 0.6 is 15.9 Å². The standard InChI is InChI=1S/C16H12BrNO5/c17-11-7-5-10(6-8-11)15(20)18-14(19)9-23-13-4-2-1-3-12(13)16(21)22/h1-8H,9H2,(H,21,22)(H,18,19,20). The van der Waals surface area contributed by atoms with Crippen molar-refractivity contribution >= 4 is 33.7 Å². The maximum absolute atomic E-state index is 11.9. The van der Waals surface area contributed by atoms with Crippen LogP contribution in [0.15, 0.2) is 53.0 Å². The SMILES string of the molecule is O=C(COc1ccccc1C(=O)O)NC(=O)c1ccc(Br)cc1. The molecule has 0 saturated carbocycles. The molecule has 2 rings (SSSR count). The van der Waals surface area contributed by atoms with Crippen LogP contribution in [0.4, 0.5) is 0 Å². The van der Waals surface area contributed by atoms with Gasteiger partial charge in [-0.15, -0.1) is 0 Å². The van der Waals surface area contributed by atoms with Gasteiger partial charge >= 0.3 is 5.97 Å². The molecule has 2 aromatic carbocycles. The first-order valence-electron chi connectivity index (χ1n) is 6.52. The number of aromatic carboxylic acids is 1. The predicted octanol–water partition coefficient (Wildman–Crippen LogP) is 2.48. The van der Waals surface area contributed by atoms with Gasteiger partial charge in [-0.3, -0.25) is 14.9 Å². The van der Waals surface area contributed by atoms with Gasteiger partial charge in [0.1, 0.15) is 11.3 Å². The van der Waals surface area contributed by atoms with Crippen LogP contribution in [0.1, 0.15) is 20.7 Å². The van der Waals surface area contributed by atoms with Gasteiger partial charge in [-0.1, -0.05) is 28.1 Å². The highest BCUT2D eigenvalue weighted by atomic mass is 79.9. The Kier molecular flexibility index (Phi) is 5.48. The molecule has 0 aliphatic heterocycles. The monoisotopic (exact) mass is 377 g/mol. The van der Waals surface area contributed by atoms with E-state index < -0.39 is 24.4 Å². The van der Waals surface area contributed by atoms with Gasteiger partial charge < -0.3 is 9.84 Å². The number of carboxylic acids is 1. The Morgan fingerprint density at radius 1 is 1.04 bits per heavy atom. The van der Waals surface area contributed by atoms with Crippen molar-refractivity contribution in [2.45, 2.75) is 0 Å². The number of ether oxygens (including phenoxy) is 1. The Morgan fingerprint density at radius 2 is 1.70 bits per heavy atom. The molecule has 2 aromatic rings. The molecule has 0 heterocycles. The number of amides is 2. The van der Waals surface area contributed by atoms with Crippen molar-refractivity contribution in [1.82, 2.24) is 5.32 Å². The Balaban J connectivity index is 1.94. The van der Waals surface area contributed by atoms with Crippen LogP contribution in [0.2, 0.25) is 0 Å². The molecular formula is C16H12BrNO5. The lowest BCUT2D eigenvalue weighted by Crippen LogP contribution is -2.34. The largest absolute Gasteiger partial charge is 0.483 e. The van der Waals surface area contributed by atoms with Gasteiger partial charge in [-0.05, 0) is 36.4 Å². The van der Waals surface area contributed by atoms with E-state index in [2.05, 4.69) is 21.2 Å². The number of nitrogens with one attached hydrogen (secondary N) is 1. The third-order valence-electron chi connectivity index (χ3n) is 2.84. The molecule has 0 atom stereocenters. The number of imide groups is 1. The third kappa shape index (κ3) is 4.65. The maximum Gasteiger partial charge on any atom is 0.339 e. The minimum atomic E-state index is -1.16. The van der Waals surface area contributed by atoms with Crippen molar-refractivity contribution < 1.29 is 24.2 Å². The van der Waals surface area contributed by atoms with E-state index in [4.69, 9.17) is 9.84 Å². The normalized spacial score (nSPS) is 9.96. The fourth-order valence-corrected chi connectivity index (χ4v) is 2.01. The number of halogens is 1.